The molecule has 0 spiro atoms. The number of benzene rings is 1. The molecule has 0 bridgehead atoms. The van der Waals surface area contributed by atoms with Crippen LogP contribution in [0.1, 0.15) is 31.3 Å². The lowest BCUT2D eigenvalue weighted by atomic mass is 10.1. The van der Waals surface area contributed by atoms with Crippen LogP contribution in [0.4, 0.5) is 0 Å². The zero-order valence-electron chi connectivity index (χ0n) is 12.6. The Balaban J connectivity index is 2.65. The van der Waals surface area contributed by atoms with E-state index in [-0.39, 0.29) is 21.8 Å². The molecule has 126 valence electrons. The number of hydrogen-bond donors (Lipinski definition) is 0. The molecule has 0 amide bonds. The summed E-state index contributed by atoms with van der Waals surface area (Å²) < 4.78 is 39.2. The van der Waals surface area contributed by atoms with Gasteiger partial charge in [0.25, 0.3) is 0 Å². The highest BCUT2D eigenvalue weighted by atomic mass is 32.2. The molecular weight excluding hydrogens is 340 g/mol. The Hall–Kier alpha value is -2.94. The summed E-state index contributed by atoms with van der Waals surface area (Å²) in [5, 5.41) is -0.498. The Bertz CT molecular complexity index is 873. The van der Waals surface area contributed by atoms with Crippen molar-refractivity contribution in [2.45, 2.75) is 9.99 Å². The van der Waals surface area contributed by atoms with Gasteiger partial charge in [-0.3, -0.25) is 4.79 Å². The fourth-order valence-electron chi connectivity index (χ4n) is 1.88. The van der Waals surface area contributed by atoms with Crippen LogP contribution in [-0.4, -0.2) is 40.9 Å². The van der Waals surface area contributed by atoms with Crippen molar-refractivity contribution in [1.82, 2.24) is 0 Å². The first-order chi connectivity index (χ1) is 11.3. The van der Waals surface area contributed by atoms with Crippen molar-refractivity contribution in [2.75, 3.05) is 14.2 Å². The van der Waals surface area contributed by atoms with Crippen molar-refractivity contribution in [3.05, 3.63) is 47.2 Å². The van der Waals surface area contributed by atoms with E-state index >= 15 is 0 Å². The molecule has 0 saturated carbocycles. The largest absolute Gasteiger partial charge is 0.465 e. The number of furan rings is 1. The van der Waals surface area contributed by atoms with Crippen LogP contribution in [0, 0.1) is 0 Å². The molecule has 0 N–H and O–H groups in total. The standard InChI is InChI=1S/C15H12O8S/c1-21-14(17)9-5-10(15(18)22-2)7-12(6-9)24(19,20)13-4-3-11(8-16)23-13/h3-8H,1-2H3. The maximum Gasteiger partial charge on any atom is 0.337 e. The lowest BCUT2D eigenvalue weighted by Gasteiger charge is -2.07. The van der Waals surface area contributed by atoms with Crippen LogP contribution in [0.5, 0.6) is 0 Å². The van der Waals surface area contributed by atoms with Crippen LogP contribution in [0.15, 0.2) is 44.7 Å². The molecule has 8 nitrogen and oxygen atoms in total. The minimum absolute atomic E-state index is 0.152. The predicted octanol–water partition coefficient (Wildman–Crippen LogP) is 1.50. The van der Waals surface area contributed by atoms with Crippen molar-refractivity contribution in [3.63, 3.8) is 0 Å². The Labute approximate surface area is 136 Å². The fraction of sp³-hybridized carbons (Fsp3) is 0.133. The molecule has 0 saturated heterocycles. The first-order valence-electron chi connectivity index (χ1n) is 6.45. The number of esters is 2. The molecule has 0 unspecified atom stereocenters. The molecule has 0 aliphatic heterocycles. The average Bonchev–Trinajstić information content (AvgIpc) is 3.09. The van der Waals surface area contributed by atoms with Gasteiger partial charge in [-0.2, -0.15) is 0 Å². The molecule has 0 radical (unpaired) electrons. The van der Waals surface area contributed by atoms with E-state index < -0.39 is 26.9 Å². The van der Waals surface area contributed by atoms with E-state index in [0.717, 1.165) is 38.5 Å². The SMILES string of the molecule is COC(=O)c1cc(C(=O)OC)cc(S(=O)(=O)c2ccc(C=O)o2)c1. The lowest BCUT2D eigenvalue weighted by Crippen LogP contribution is -2.10. The van der Waals surface area contributed by atoms with E-state index in [9.17, 15) is 22.8 Å². The van der Waals surface area contributed by atoms with Gasteiger partial charge < -0.3 is 13.9 Å². The fourth-order valence-corrected chi connectivity index (χ4v) is 3.13. The number of sulfone groups is 1. The molecule has 0 aliphatic carbocycles. The summed E-state index contributed by atoms with van der Waals surface area (Å²) in [5.41, 5.74) is -0.303. The van der Waals surface area contributed by atoms with Gasteiger partial charge in [0.05, 0.1) is 30.2 Å². The van der Waals surface area contributed by atoms with Gasteiger partial charge in [-0.15, -0.1) is 0 Å². The third kappa shape index (κ3) is 3.20. The number of hydrogen-bond acceptors (Lipinski definition) is 8. The molecule has 0 atom stereocenters. The molecule has 24 heavy (non-hydrogen) atoms. The van der Waals surface area contributed by atoms with Gasteiger partial charge in [0.2, 0.25) is 14.9 Å². The van der Waals surface area contributed by atoms with Crippen molar-refractivity contribution < 1.29 is 36.7 Å². The van der Waals surface area contributed by atoms with Gasteiger partial charge in [-0.25, -0.2) is 18.0 Å². The highest BCUT2D eigenvalue weighted by Gasteiger charge is 2.25. The van der Waals surface area contributed by atoms with Crippen molar-refractivity contribution in [1.29, 1.82) is 0 Å². The van der Waals surface area contributed by atoms with E-state index in [0.29, 0.717) is 6.29 Å². The first-order valence-corrected chi connectivity index (χ1v) is 7.93. The number of methoxy groups -OCH3 is 2. The summed E-state index contributed by atoms with van der Waals surface area (Å²) in [6.45, 7) is 0. The lowest BCUT2D eigenvalue weighted by molar-refractivity contribution is 0.0598. The molecule has 9 heteroatoms. The second kappa shape index (κ2) is 6.67. The van der Waals surface area contributed by atoms with E-state index in [1.54, 1.807) is 0 Å². The topological polar surface area (TPSA) is 117 Å². The first kappa shape index (κ1) is 17.4. The Kier molecular flexibility index (Phi) is 4.84. The van der Waals surface area contributed by atoms with Crippen LogP contribution in [0.25, 0.3) is 0 Å². The monoisotopic (exact) mass is 352 g/mol. The molecule has 2 rings (SSSR count). The van der Waals surface area contributed by atoms with E-state index in [2.05, 4.69) is 9.47 Å². The molecule has 0 fully saturated rings. The number of carbonyl (C=O) groups excluding carboxylic acids is 3. The Morgan fingerprint density at radius 1 is 1.00 bits per heavy atom. The average molecular weight is 352 g/mol. The summed E-state index contributed by atoms with van der Waals surface area (Å²) in [4.78, 5) is 33.7. The zero-order chi connectivity index (χ0) is 17.9. The van der Waals surface area contributed by atoms with Crippen LogP contribution in [0.2, 0.25) is 0 Å². The third-order valence-corrected chi connectivity index (χ3v) is 4.65. The summed E-state index contributed by atoms with van der Waals surface area (Å²) in [6, 6.07) is 5.51. The van der Waals surface area contributed by atoms with Crippen molar-refractivity contribution >= 4 is 28.1 Å². The van der Waals surface area contributed by atoms with Crippen LogP contribution >= 0.6 is 0 Å². The van der Waals surface area contributed by atoms with Gasteiger partial charge in [-0.1, -0.05) is 0 Å². The van der Waals surface area contributed by atoms with Gasteiger partial charge in [0.15, 0.2) is 12.0 Å². The van der Waals surface area contributed by atoms with Crippen LogP contribution in [-0.2, 0) is 19.3 Å². The van der Waals surface area contributed by atoms with Crippen molar-refractivity contribution in [2.24, 2.45) is 0 Å². The minimum atomic E-state index is -4.20. The summed E-state index contributed by atoms with van der Waals surface area (Å²) in [5.74, 6) is -1.83. The molecular formula is C15H12O8S. The summed E-state index contributed by atoms with van der Waals surface area (Å²) in [7, 11) is -1.97. The normalized spacial score (nSPS) is 10.9. The van der Waals surface area contributed by atoms with Gasteiger partial charge in [0, 0.05) is 0 Å². The third-order valence-electron chi connectivity index (χ3n) is 3.04. The number of aldehydes is 1. The summed E-state index contributed by atoms with van der Waals surface area (Å²) in [6.07, 6.45) is 0.351. The maximum atomic E-state index is 12.6. The van der Waals surface area contributed by atoms with Crippen molar-refractivity contribution in [3.8, 4) is 0 Å². The van der Waals surface area contributed by atoms with Gasteiger partial charge >= 0.3 is 11.9 Å². The molecule has 0 aliphatic rings. The molecule has 2 aromatic rings. The Morgan fingerprint density at radius 2 is 1.54 bits per heavy atom. The van der Waals surface area contributed by atoms with Crippen LogP contribution < -0.4 is 0 Å². The second-order valence-electron chi connectivity index (χ2n) is 4.51. The highest BCUT2D eigenvalue weighted by Crippen LogP contribution is 2.25. The van der Waals surface area contributed by atoms with E-state index in [4.69, 9.17) is 4.42 Å². The number of carbonyl (C=O) groups is 3. The predicted molar refractivity (Wildman–Crippen MR) is 78.7 cm³/mol. The van der Waals surface area contributed by atoms with Crippen LogP contribution in [0.3, 0.4) is 0 Å². The zero-order valence-corrected chi connectivity index (χ0v) is 13.5. The van der Waals surface area contributed by atoms with Gasteiger partial charge in [-0.05, 0) is 30.3 Å². The second-order valence-corrected chi connectivity index (χ2v) is 6.39. The quantitative estimate of drug-likeness (QED) is 0.587. The maximum absolute atomic E-state index is 12.6. The van der Waals surface area contributed by atoms with E-state index in [1.807, 2.05) is 0 Å². The summed E-state index contributed by atoms with van der Waals surface area (Å²) >= 11 is 0. The van der Waals surface area contributed by atoms with Gasteiger partial charge in [0.1, 0.15) is 0 Å². The number of ether oxygens (including phenoxy) is 2. The minimum Gasteiger partial charge on any atom is -0.465 e. The van der Waals surface area contributed by atoms with E-state index in [1.165, 1.54) is 6.07 Å². The molecule has 1 heterocycles. The molecule has 1 aromatic heterocycles. The Morgan fingerprint density at radius 3 is 1.96 bits per heavy atom. The smallest absolute Gasteiger partial charge is 0.337 e. The molecule has 1 aromatic carbocycles. The number of rotatable bonds is 5. The highest BCUT2D eigenvalue weighted by molar-refractivity contribution is 7.91.